The standard InChI is InChI=1S/C34H41N5O5S/c1-3-37-17-23-14-22(37)18-38(23)33(41)34-16-28(34)27-15-24(44-2)10-12-25(27)31-30(20-7-5-4-6-8-20)26-11-9-21(13-29(26)39(31)19-34)32(40)36-45(35,42)43/h9-13,15,20,22-23,28H,3-8,14,16-19H2,1-2H3,(H,36,40)(H2,35,42,43)/t22-,23-,28?,34?/m1/s1. The maximum absolute atomic E-state index is 14.8. The van der Waals surface area contributed by atoms with Crippen molar-refractivity contribution in [2.24, 2.45) is 10.6 Å². The molecule has 11 heteroatoms. The molecule has 2 aromatic carbocycles. The van der Waals surface area contributed by atoms with Crippen LogP contribution in [0.2, 0.25) is 0 Å². The number of ether oxygens (including phenoxy) is 1. The Kier molecular flexibility index (Phi) is 6.64. The molecule has 2 bridgehead atoms. The first kappa shape index (κ1) is 29.0. The summed E-state index contributed by atoms with van der Waals surface area (Å²) in [5, 5.41) is 6.21. The second-order valence-corrected chi connectivity index (χ2v) is 15.1. The first-order chi connectivity index (χ1) is 21.6. The number of piperazine rings is 1. The molecule has 2 aliphatic carbocycles. The monoisotopic (exact) mass is 631 g/mol. The molecule has 3 aliphatic heterocycles. The number of likely N-dealkylation sites (N-methyl/N-ethyl adjacent to an activating group) is 1. The third-order valence-corrected chi connectivity index (χ3v) is 11.9. The number of rotatable bonds is 6. The zero-order chi connectivity index (χ0) is 31.2. The van der Waals surface area contributed by atoms with Gasteiger partial charge >= 0.3 is 0 Å². The lowest BCUT2D eigenvalue weighted by Gasteiger charge is -2.36. The number of nitrogens with two attached hydrogens (primary N) is 1. The van der Waals surface area contributed by atoms with Crippen molar-refractivity contribution in [3.05, 3.63) is 53.1 Å². The predicted molar refractivity (Wildman–Crippen MR) is 171 cm³/mol. The number of benzene rings is 2. The lowest BCUT2D eigenvalue weighted by molar-refractivity contribution is -0.140. The van der Waals surface area contributed by atoms with E-state index >= 15 is 0 Å². The molecule has 2 saturated carbocycles. The molecule has 10 nitrogen and oxygen atoms in total. The molecule has 4 atom stereocenters. The molecule has 45 heavy (non-hydrogen) atoms. The fourth-order valence-corrected chi connectivity index (χ4v) is 9.66. The molecule has 5 aliphatic rings. The lowest BCUT2D eigenvalue weighted by atomic mass is 9.81. The molecule has 4 fully saturated rings. The molecule has 3 N–H and O–H groups in total. The van der Waals surface area contributed by atoms with Gasteiger partial charge in [-0.15, -0.1) is 0 Å². The number of fused-ring (bicyclic) bond motifs is 9. The van der Waals surface area contributed by atoms with Gasteiger partial charge in [-0.2, -0.15) is 8.42 Å². The number of nitrogens with one attached hydrogen (secondary N) is 1. The maximum atomic E-state index is 14.8. The van der Waals surface area contributed by atoms with Crippen molar-refractivity contribution in [2.75, 3.05) is 26.7 Å². The number of aromatic nitrogens is 1. The van der Waals surface area contributed by atoms with E-state index in [0.29, 0.717) is 18.5 Å². The minimum Gasteiger partial charge on any atom is -0.497 e. The van der Waals surface area contributed by atoms with Crippen molar-refractivity contribution in [1.82, 2.24) is 19.1 Å². The average molecular weight is 632 g/mol. The van der Waals surface area contributed by atoms with E-state index in [-0.39, 0.29) is 23.4 Å². The van der Waals surface area contributed by atoms with Gasteiger partial charge in [0.15, 0.2) is 0 Å². The Bertz CT molecular complexity index is 1850. The van der Waals surface area contributed by atoms with E-state index in [9.17, 15) is 18.0 Å². The van der Waals surface area contributed by atoms with Gasteiger partial charge in [0.2, 0.25) is 5.91 Å². The van der Waals surface area contributed by atoms with Gasteiger partial charge in [0.25, 0.3) is 16.1 Å². The fourth-order valence-electron chi connectivity index (χ4n) is 9.28. The van der Waals surface area contributed by atoms with Crippen molar-refractivity contribution in [3.63, 3.8) is 0 Å². The van der Waals surface area contributed by atoms with Gasteiger partial charge in [-0.05, 0) is 79.6 Å². The van der Waals surface area contributed by atoms with Crippen LogP contribution >= 0.6 is 0 Å². The first-order valence-electron chi connectivity index (χ1n) is 16.4. The average Bonchev–Trinajstić information content (AvgIpc) is 3.27. The zero-order valence-corrected chi connectivity index (χ0v) is 26.7. The smallest absolute Gasteiger partial charge is 0.298 e. The first-order valence-corrected chi connectivity index (χ1v) is 17.9. The molecular weight excluding hydrogens is 590 g/mol. The highest BCUT2D eigenvalue weighted by Gasteiger charge is 2.65. The molecular formula is C34H41N5O5S. The van der Waals surface area contributed by atoms with Crippen LogP contribution in [-0.4, -0.2) is 73.4 Å². The minimum absolute atomic E-state index is 0.0690. The Hall–Kier alpha value is -3.41. The summed E-state index contributed by atoms with van der Waals surface area (Å²) in [6.07, 6.45) is 7.53. The SMILES string of the molecule is CCN1C[C@H]2C[C@@H]1CN2C(=O)C12CC1c1cc(OC)ccc1-c1c(C3CCCCC3)c3ccc(C(=O)NS(N)(=O)=O)cc3n1C2. The molecule has 238 valence electrons. The van der Waals surface area contributed by atoms with E-state index in [4.69, 9.17) is 9.88 Å². The molecule has 0 radical (unpaired) electrons. The number of methoxy groups -OCH3 is 1. The molecule has 2 unspecified atom stereocenters. The van der Waals surface area contributed by atoms with Crippen molar-refractivity contribution in [2.45, 2.75) is 82.3 Å². The number of carbonyl (C=O) groups is 2. The number of likely N-dealkylation sites (tertiary alicyclic amines) is 2. The second-order valence-electron chi connectivity index (χ2n) is 13.8. The van der Waals surface area contributed by atoms with E-state index in [1.807, 2.05) is 16.9 Å². The highest BCUT2D eigenvalue weighted by Crippen LogP contribution is 2.66. The van der Waals surface area contributed by atoms with Gasteiger partial charge in [0, 0.05) is 59.7 Å². The van der Waals surface area contributed by atoms with Gasteiger partial charge in [0.05, 0.1) is 18.2 Å². The lowest BCUT2D eigenvalue weighted by Crippen LogP contribution is -2.51. The molecule has 2 amide bonds. The Labute approximate surface area is 264 Å². The largest absolute Gasteiger partial charge is 0.497 e. The van der Waals surface area contributed by atoms with E-state index in [2.05, 4.69) is 33.4 Å². The third-order valence-electron chi connectivity index (χ3n) is 11.5. The van der Waals surface area contributed by atoms with Crippen molar-refractivity contribution < 1.29 is 22.7 Å². The summed E-state index contributed by atoms with van der Waals surface area (Å²) in [5.41, 5.74) is 5.16. The summed E-state index contributed by atoms with van der Waals surface area (Å²) in [6.45, 7) is 5.43. The number of hydrogen-bond acceptors (Lipinski definition) is 6. The predicted octanol–water partition coefficient (Wildman–Crippen LogP) is 4.09. The van der Waals surface area contributed by atoms with E-state index in [0.717, 1.165) is 78.8 Å². The van der Waals surface area contributed by atoms with E-state index in [1.165, 1.54) is 24.8 Å². The fraction of sp³-hybridized carbons (Fsp3) is 0.529. The van der Waals surface area contributed by atoms with Crippen molar-refractivity contribution in [3.8, 4) is 17.0 Å². The van der Waals surface area contributed by atoms with Crippen LogP contribution in [0.3, 0.4) is 0 Å². The number of nitrogens with zero attached hydrogens (tertiary/aromatic N) is 3. The number of amides is 2. The summed E-state index contributed by atoms with van der Waals surface area (Å²) >= 11 is 0. The topological polar surface area (TPSA) is 127 Å². The van der Waals surface area contributed by atoms with Gasteiger partial charge < -0.3 is 14.2 Å². The van der Waals surface area contributed by atoms with Crippen LogP contribution in [0, 0.1) is 5.41 Å². The van der Waals surface area contributed by atoms with Crippen LogP contribution in [0.4, 0.5) is 0 Å². The maximum Gasteiger partial charge on any atom is 0.298 e. The van der Waals surface area contributed by atoms with E-state index < -0.39 is 21.5 Å². The minimum atomic E-state index is -4.22. The molecule has 0 spiro atoms. The Morgan fingerprint density at radius 2 is 1.87 bits per heavy atom. The van der Waals surface area contributed by atoms with Crippen LogP contribution in [-0.2, 0) is 21.5 Å². The van der Waals surface area contributed by atoms with Gasteiger partial charge in [0.1, 0.15) is 5.75 Å². The zero-order valence-electron chi connectivity index (χ0n) is 25.9. The molecule has 2 saturated heterocycles. The Morgan fingerprint density at radius 1 is 1.07 bits per heavy atom. The summed E-state index contributed by atoms with van der Waals surface area (Å²) < 4.78 is 33.4. The summed E-state index contributed by atoms with van der Waals surface area (Å²) in [6, 6.07) is 12.4. The highest BCUT2D eigenvalue weighted by atomic mass is 32.2. The van der Waals surface area contributed by atoms with Gasteiger partial charge in [-0.3, -0.25) is 14.5 Å². The van der Waals surface area contributed by atoms with Crippen LogP contribution in [0.5, 0.6) is 5.75 Å². The Morgan fingerprint density at radius 3 is 2.56 bits per heavy atom. The summed E-state index contributed by atoms with van der Waals surface area (Å²) in [4.78, 5) is 32.4. The summed E-state index contributed by atoms with van der Waals surface area (Å²) in [7, 11) is -2.54. The molecule has 1 aromatic heterocycles. The quantitative estimate of drug-likeness (QED) is 0.422. The Balaban J connectivity index is 1.32. The molecule has 3 aromatic rings. The molecule has 4 heterocycles. The second kappa shape index (κ2) is 10.3. The van der Waals surface area contributed by atoms with E-state index in [1.54, 1.807) is 19.2 Å². The number of carbonyl (C=O) groups excluding carboxylic acids is 2. The number of hydrogen-bond donors (Lipinski definition) is 2. The van der Waals surface area contributed by atoms with Crippen molar-refractivity contribution >= 4 is 32.9 Å². The third kappa shape index (κ3) is 4.52. The van der Waals surface area contributed by atoms with Crippen LogP contribution < -0.4 is 14.6 Å². The van der Waals surface area contributed by atoms with Crippen molar-refractivity contribution in [1.29, 1.82) is 0 Å². The van der Waals surface area contributed by atoms with Crippen LogP contribution in [0.25, 0.3) is 22.2 Å². The molecule has 8 rings (SSSR count). The van der Waals surface area contributed by atoms with Gasteiger partial charge in [-0.25, -0.2) is 9.86 Å². The van der Waals surface area contributed by atoms with Crippen LogP contribution in [0.15, 0.2) is 36.4 Å². The highest BCUT2D eigenvalue weighted by molar-refractivity contribution is 7.87. The van der Waals surface area contributed by atoms with Crippen LogP contribution in [0.1, 0.15) is 85.2 Å². The normalized spacial score (nSPS) is 27.5. The summed E-state index contributed by atoms with van der Waals surface area (Å²) in [5.74, 6) is 0.677. The van der Waals surface area contributed by atoms with Gasteiger partial charge in [-0.1, -0.05) is 32.3 Å².